The third kappa shape index (κ3) is 1.31. The minimum absolute atomic E-state index is 0.155. The Balaban J connectivity index is 2.56. The predicted octanol–water partition coefficient (Wildman–Crippen LogP) is 1.45. The zero-order valence-electron chi connectivity index (χ0n) is 7.25. The number of aromatic hydroxyl groups is 1. The molecule has 0 aliphatic carbocycles. The SMILES string of the molecule is N#Cc1ccnn1-c1cccc(O)c1. The van der Waals surface area contributed by atoms with E-state index < -0.39 is 0 Å². The van der Waals surface area contributed by atoms with Crippen LogP contribution in [0.1, 0.15) is 5.69 Å². The second-order valence-corrected chi connectivity index (χ2v) is 2.76. The molecule has 0 bridgehead atoms. The van der Waals surface area contributed by atoms with E-state index in [1.165, 1.54) is 4.68 Å². The lowest BCUT2D eigenvalue weighted by atomic mass is 10.3. The molecule has 0 saturated heterocycles. The highest BCUT2D eigenvalue weighted by Gasteiger charge is 2.03. The van der Waals surface area contributed by atoms with Gasteiger partial charge in [-0.05, 0) is 18.2 Å². The molecule has 0 fully saturated rings. The average Bonchev–Trinajstić information content (AvgIpc) is 2.65. The lowest BCUT2D eigenvalue weighted by Gasteiger charge is -2.02. The molecule has 0 spiro atoms. The number of aromatic nitrogens is 2. The van der Waals surface area contributed by atoms with Crippen LogP contribution in [-0.2, 0) is 0 Å². The van der Waals surface area contributed by atoms with E-state index in [0.29, 0.717) is 11.4 Å². The van der Waals surface area contributed by atoms with Crippen LogP contribution in [0.2, 0.25) is 0 Å². The Morgan fingerprint density at radius 2 is 2.21 bits per heavy atom. The Kier molecular flexibility index (Phi) is 1.92. The molecule has 0 aliphatic heterocycles. The Hall–Kier alpha value is -2.28. The molecule has 4 nitrogen and oxygen atoms in total. The van der Waals surface area contributed by atoms with Crippen LogP contribution >= 0.6 is 0 Å². The van der Waals surface area contributed by atoms with Gasteiger partial charge < -0.3 is 5.11 Å². The molecule has 0 atom stereocenters. The van der Waals surface area contributed by atoms with E-state index in [1.54, 1.807) is 36.5 Å². The molecule has 68 valence electrons. The Morgan fingerprint density at radius 3 is 2.93 bits per heavy atom. The van der Waals surface area contributed by atoms with E-state index in [9.17, 15) is 5.11 Å². The van der Waals surface area contributed by atoms with Gasteiger partial charge >= 0.3 is 0 Å². The molecule has 0 saturated carbocycles. The molecule has 14 heavy (non-hydrogen) atoms. The maximum atomic E-state index is 9.25. The molecule has 1 heterocycles. The van der Waals surface area contributed by atoms with Gasteiger partial charge in [0.05, 0.1) is 11.9 Å². The zero-order valence-corrected chi connectivity index (χ0v) is 7.25. The van der Waals surface area contributed by atoms with Gasteiger partial charge in [-0.1, -0.05) is 6.07 Å². The molecule has 4 heteroatoms. The summed E-state index contributed by atoms with van der Waals surface area (Å²) in [5.74, 6) is 0.155. The number of benzene rings is 1. The Labute approximate surface area is 80.6 Å². The third-order valence-electron chi connectivity index (χ3n) is 1.83. The molecule has 0 radical (unpaired) electrons. The summed E-state index contributed by atoms with van der Waals surface area (Å²) in [5, 5.41) is 22.0. The van der Waals surface area contributed by atoms with Crippen molar-refractivity contribution in [1.82, 2.24) is 9.78 Å². The maximum Gasteiger partial charge on any atom is 0.144 e. The van der Waals surface area contributed by atoms with Crippen LogP contribution in [0.4, 0.5) is 0 Å². The summed E-state index contributed by atoms with van der Waals surface area (Å²) in [6.07, 6.45) is 1.54. The minimum atomic E-state index is 0.155. The van der Waals surface area contributed by atoms with Crippen LogP contribution in [0.5, 0.6) is 5.75 Å². The van der Waals surface area contributed by atoms with Crippen LogP contribution in [0.15, 0.2) is 36.5 Å². The number of nitrogens with zero attached hydrogens (tertiary/aromatic N) is 3. The smallest absolute Gasteiger partial charge is 0.144 e. The van der Waals surface area contributed by atoms with Gasteiger partial charge in [0, 0.05) is 6.07 Å². The van der Waals surface area contributed by atoms with Crippen LogP contribution in [0, 0.1) is 11.3 Å². The van der Waals surface area contributed by atoms with Crippen molar-refractivity contribution in [2.45, 2.75) is 0 Å². The van der Waals surface area contributed by atoms with Crippen molar-refractivity contribution in [3.05, 3.63) is 42.2 Å². The summed E-state index contributed by atoms with van der Waals surface area (Å²) in [4.78, 5) is 0. The highest BCUT2D eigenvalue weighted by Crippen LogP contribution is 2.15. The van der Waals surface area contributed by atoms with E-state index in [0.717, 1.165) is 0 Å². The predicted molar refractivity (Wildman–Crippen MR) is 49.9 cm³/mol. The van der Waals surface area contributed by atoms with Crippen LogP contribution in [-0.4, -0.2) is 14.9 Å². The lowest BCUT2D eigenvalue weighted by molar-refractivity contribution is 0.475. The summed E-state index contributed by atoms with van der Waals surface area (Å²) in [5.41, 5.74) is 1.11. The molecule has 2 rings (SSSR count). The fraction of sp³-hybridized carbons (Fsp3) is 0. The summed E-state index contributed by atoms with van der Waals surface area (Å²) in [6.45, 7) is 0. The number of phenolic OH excluding ortho intramolecular Hbond substituents is 1. The van der Waals surface area contributed by atoms with E-state index in [-0.39, 0.29) is 5.75 Å². The number of rotatable bonds is 1. The molecule has 0 amide bonds. The highest BCUT2D eigenvalue weighted by molar-refractivity contribution is 5.40. The molecule has 1 aromatic carbocycles. The van der Waals surface area contributed by atoms with Gasteiger partial charge in [0.25, 0.3) is 0 Å². The fourth-order valence-electron chi connectivity index (χ4n) is 1.22. The van der Waals surface area contributed by atoms with E-state index in [2.05, 4.69) is 5.10 Å². The highest BCUT2D eigenvalue weighted by atomic mass is 16.3. The number of hydrogen-bond acceptors (Lipinski definition) is 3. The Morgan fingerprint density at radius 1 is 1.36 bits per heavy atom. The van der Waals surface area contributed by atoms with Crippen molar-refractivity contribution in [3.8, 4) is 17.5 Å². The largest absolute Gasteiger partial charge is 0.508 e. The summed E-state index contributed by atoms with van der Waals surface area (Å²) < 4.78 is 1.47. The average molecular weight is 185 g/mol. The summed E-state index contributed by atoms with van der Waals surface area (Å²) >= 11 is 0. The second-order valence-electron chi connectivity index (χ2n) is 2.76. The normalized spacial score (nSPS) is 9.64. The van der Waals surface area contributed by atoms with E-state index >= 15 is 0 Å². The van der Waals surface area contributed by atoms with Gasteiger partial charge in [-0.3, -0.25) is 0 Å². The van der Waals surface area contributed by atoms with Crippen molar-refractivity contribution < 1.29 is 5.11 Å². The van der Waals surface area contributed by atoms with Gasteiger partial charge in [-0.25, -0.2) is 4.68 Å². The second kappa shape index (κ2) is 3.23. The maximum absolute atomic E-state index is 9.25. The molecule has 0 aliphatic rings. The van der Waals surface area contributed by atoms with Gasteiger partial charge in [0.15, 0.2) is 0 Å². The van der Waals surface area contributed by atoms with Crippen LogP contribution < -0.4 is 0 Å². The first-order chi connectivity index (χ1) is 6.81. The topological polar surface area (TPSA) is 61.8 Å². The van der Waals surface area contributed by atoms with Gasteiger partial charge in [-0.15, -0.1) is 0 Å². The first kappa shape index (κ1) is 8.32. The zero-order chi connectivity index (χ0) is 9.97. The lowest BCUT2D eigenvalue weighted by Crippen LogP contribution is -1.98. The minimum Gasteiger partial charge on any atom is -0.508 e. The van der Waals surface area contributed by atoms with Gasteiger partial charge in [0.1, 0.15) is 17.5 Å². The molecule has 0 unspecified atom stereocenters. The van der Waals surface area contributed by atoms with Crippen molar-refractivity contribution in [3.63, 3.8) is 0 Å². The van der Waals surface area contributed by atoms with Crippen LogP contribution in [0.25, 0.3) is 5.69 Å². The molecule has 1 N–H and O–H groups in total. The number of nitriles is 1. The molecule has 2 aromatic rings. The number of hydrogen-bond donors (Lipinski definition) is 1. The fourth-order valence-corrected chi connectivity index (χ4v) is 1.22. The number of phenols is 1. The third-order valence-corrected chi connectivity index (χ3v) is 1.83. The molecular weight excluding hydrogens is 178 g/mol. The first-order valence-corrected chi connectivity index (χ1v) is 4.05. The first-order valence-electron chi connectivity index (χ1n) is 4.05. The quantitative estimate of drug-likeness (QED) is 0.731. The van der Waals surface area contributed by atoms with Gasteiger partial charge in [-0.2, -0.15) is 10.4 Å². The van der Waals surface area contributed by atoms with Gasteiger partial charge in [0.2, 0.25) is 0 Å². The standard InChI is InChI=1S/C10H7N3O/c11-7-9-4-5-12-13(9)8-2-1-3-10(14)6-8/h1-6,14H. The van der Waals surface area contributed by atoms with Crippen molar-refractivity contribution in [2.24, 2.45) is 0 Å². The van der Waals surface area contributed by atoms with Crippen molar-refractivity contribution in [1.29, 1.82) is 5.26 Å². The molecular formula is C10H7N3O. The molecule has 1 aromatic heterocycles. The summed E-state index contributed by atoms with van der Waals surface area (Å²) in [6, 6.07) is 10.2. The van der Waals surface area contributed by atoms with E-state index in [4.69, 9.17) is 5.26 Å². The Bertz CT molecular complexity index is 496. The van der Waals surface area contributed by atoms with E-state index in [1.807, 2.05) is 6.07 Å². The van der Waals surface area contributed by atoms with Crippen molar-refractivity contribution >= 4 is 0 Å². The van der Waals surface area contributed by atoms with Crippen molar-refractivity contribution in [2.75, 3.05) is 0 Å². The summed E-state index contributed by atoms with van der Waals surface area (Å²) in [7, 11) is 0. The monoisotopic (exact) mass is 185 g/mol. The van der Waals surface area contributed by atoms with Crippen LogP contribution in [0.3, 0.4) is 0 Å².